The molecule has 1 aliphatic rings. The normalized spacial score (nSPS) is 16.8. The van der Waals surface area contributed by atoms with Crippen LogP contribution in [0.5, 0.6) is 5.75 Å². The number of carboxylic acid groups (broad SMARTS) is 1. The predicted molar refractivity (Wildman–Crippen MR) is 141 cm³/mol. The molecule has 0 spiro atoms. The third kappa shape index (κ3) is 10.5. The predicted octanol–water partition coefficient (Wildman–Crippen LogP) is 3.46. The Morgan fingerprint density at radius 2 is 1.71 bits per heavy atom. The molecule has 1 aromatic carbocycles. The van der Waals surface area contributed by atoms with Gasteiger partial charge in [-0.1, -0.05) is 6.07 Å². The monoisotopic (exact) mass is 598 g/mol. The van der Waals surface area contributed by atoms with Crippen molar-refractivity contribution in [2.75, 3.05) is 13.1 Å². The first-order chi connectivity index (χ1) is 19.5. The van der Waals surface area contributed by atoms with E-state index in [2.05, 4.69) is 10.3 Å². The molecule has 0 aliphatic carbocycles. The summed E-state index contributed by atoms with van der Waals surface area (Å²) in [5, 5.41) is 19.1. The van der Waals surface area contributed by atoms with Gasteiger partial charge in [0.05, 0.1) is 12.0 Å². The Balaban J connectivity index is 0.000000782. The first-order valence-electron chi connectivity index (χ1n) is 12.7. The number of aryl methyl sites for hydroxylation is 1. The van der Waals surface area contributed by atoms with Gasteiger partial charge in [-0.3, -0.25) is 19.8 Å². The molecule has 2 atom stereocenters. The van der Waals surface area contributed by atoms with Crippen LogP contribution in [0.15, 0.2) is 42.6 Å². The van der Waals surface area contributed by atoms with Crippen LogP contribution in [0.2, 0.25) is 0 Å². The first-order valence-corrected chi connectivity index (χ1v) is 12.7. The largest absolute Gasteiger partial charge is 0.490 e. The van der Waals surface area contributed by atoms with Crippen LogP contribution in [-0.4, -0.2) is 75.0 Å². The maximum absolute atomic E-state index is 12.9. The van der Waals surface area contributed by atoms with Crippen LogP contribution in [0, 0.1) is 12.8 Å². The number of carboxylic acids is 1. The van der Waals surface area contributed by atoms with Crippen LogP contribution in [0.25, 0.3) is 0 Å². The number of likely N-dealkylation sites (tertiary alicyclic amines) is 1. The molecule has 3 amide bonds. The zero-order valence-corrected chi connectivity index (χ0v) is 23.4. The molecular formula is C27H33F3N4O8. The number of alkyl halides is 3. The minimum absolute atomic E-state index is 0.0738. The second-order valence-corrected chi connectivity index (χ2v) is 10.2. The maximum atomic E-state index is 12.9. The topological polar surface area (TPSA) is 167 Å². The highest BCUT2D eigenvalue weighted by atomic mass is 19.4. The van der Waals surface area contributed by atoms with Crippen molar-refractivity contribution in [2.45, 2.75) is 58.5 Å². The highest BCUT2D eigenvalue weighted by Gasteiger charge is 2.39. The summed E-state index contributed by atoms with van der Waals surface area (Å²) in [5.74, 6) is -3.89. The van der Waals surface area contributed by atoms with Crippen LogP contribution in [0.4, 0.5) is 18.0 Å². The molecule has 1 fully saturated rings. The quantitative estimate of drug-likeness (QED) is 0.288. The molecule has 1 aromatic heterocycles. The van der Waals surface area contributed by atoms with Crippen molar-refractivity contribution in [3.05, 3.63) is 59.4 Å². The summed E-state index contributed by atoms with van der Waals surface area (Å²) < 4.78 is 42.9. The number of carbonyl (C=O) groups excluding carboxylic acids is 3. The average molecular weight is 599 g/mol. The third-order valence-corrected chi connectivity index (χ3v) is 5.90. The van der Waals surface area contributed by atoms with Gasteiger partial charge in [0.2, 0.25) is 5.91 Å². The number of pyridine rings is 1. The number of halogens is 3. The van der Waals surface area contributed by atoms with Crippen molar-refractivity contribution in [1.29, 1.82) is 0 Å². The Morgan fingerprint density at radius 1 is 1.10 bits per heavy atom. The van der Waals surface area contributed by atoms with Crippen LogP contribution in [-0.2, 0) is 20.9 Å². The van der Waals surface area contributed by atoms with Crippen molar-refractivity contribution in [3.63, 3.8) is 0 Å². The molecule has 4 N–H and O–H groups in total. The summed E-state index contributed by atoms with van der Waals surface area (Å²) in [6, 6.07) is 9.69. The molecule has 230 valence electrons. The molecule has 12 nitrogen and oxygen atoms in total. The molecule has 1 aliphatic heterocycles. The Kier molecular flexibility index (Phi) is 11.7. The number of rotatable bonds is 6. The first kappa shape index (κ1) is 33.8. The van der Waals surface area contributed by atoms with Gasteiger partial charge in [-0.25, -0.2) is 15.1 Å². The Bertz CT molecular complexity index is 1250. The van der Waals surface area contributed by atoms with E-state index in [0.29, 0.717) is 17.9 Å². The lowest BCUT2D eigenvalue weighted by atomic mass is 9.90. The number of ether oxygens (including phenoxy) is 2. The molecule has 0 unspecified atom stereocenters. The van der Waals surface area contributed by atoms with E-state index in [9.17, 15) is 27.6 Å². The fraction of sp³-hybridized carbons (Fsp3) is 0.444. The maximum Gasteiger partial charge on any atom is 0.490 e. The molecule has 1 saturated heterocycles. The van der Waals surface area contributed by atoms with E-state index < -0.39 is 47.6 Å². The number of amides is 3. The standard InChI is InChI=1S/C25H32N4O6.C2HF3O2/c1-16-18(6-5-12-26-16)15-34-19-9-7-17(8-10-19)22(30)27-21-14-29(24(32)35-25(2,3)4)13-11-20(21)23(31)28-33;3-2(4,5)1(6)7/h5-10,12,20-21,33H,11,13-15H2,1-4H3,(H,27,30)(H,28,31);(H,6,7)/t20-,21+;/m0./s1. The fourth-order valence-corrected chi connectivity index (χ4v) is 3.77. The Labute approximate surface area is 239 Å². The van der Waals surface area contributed by atoms with Gasteiger partial charge in [-0.15, -0.1) is 0 Å². The van der Waals surface area contributed by atoms with E-state index in [1.807, 2.05) is 19.1 Å². The summed E-state index contributed by atoms with van der Waals surface area (Å²) in [6.07, 6.45) is -3.62. The van der Waals surface area contributed by atoms with Gasteiger partial charge >= 0.3 is 18.2 Å². The number of aliphatic carboxylic acids is 1. The van der Waals surface area contributed by atoms with E-state index in [0.717, 1.165) is 11.3 Å². The number of carbonyl (C=O) groups is 4. The van der Waals surface area contributed by atoms with E-state index in [4.69, 9.17) is 24.6 Å². The highest BCUT2D eigenvalue weighted by molar-refractivity contribution is 5.95. The number of nitrogens with zero attached hydrogens (tertiary/aromatic N) is 2. The molecule has 2 heterocycles. The van der Waals surface area contributed by atoms with Gasteiger partial charge in [0.25, 0.3) is 5.91 Å². The molecule has 3 rings (SSSR count). The van der Waals surface area contributed by atoms with E-state index in [1.165, 1.54) is 4.90 Å². The number of hydrogen-bond acceptors (Lipinski definition) is 8. The number of nitrogens with one attached hydrogen (secondary N) is 2. The Morgan fingerprint density at radius 3 is 2.24 bits per heavy atom. The van der Waals surface area contributed by atoms with Crippen LogP contribution < -0.4 is 15.5 Å². The lowest BCUT2D eigenvalue weighted by Gasteiger charge is -2.38. The van der Waals surface area contributed by atoms with Crippen molar-refractivity contribution in [1.82, 2.24) is 20.7 Å². The lowest BCUT2D eigenvalue weighted by Crippen LogP contribution is -2.57. The number of aromatic nitrogens is 1. The Hall–Kier alpha value is -4.40. The fourth-order valence-electron chi connectivity index (χ4n) is 3.77. The second kappa shape index (κ2) is 14.5. The number of hydrogen-bond donors (Lipinski definition) is 4. The van der Waals surface area contributed by atoms with Gasteiger partial charge in [0, 0.05) is 36.1 Å². The molecular weight excluding hydrogens is 565 g/mol. The van der Waals surface area contributed by atoms with E-state index in [-0.39, 0.29) is 19.5 Å². The second-order valence-electron chi connectivity index (χ2n) is 10.2. The molecule has 0 radical (unpaired) electrons. The van der Waals surface area contributed by atoms with Crippen molar-refractivity contribution in [2.24, 2.45) is 5.92 Å². The summed E-state index contributed by atoms with van der Waals surface area (Å²) in [6.45, 7) is 7.90. The molecule has 42 heavy (non-hydrogen) atoms. The number of piperidine rings is 1. The minimum atomic E-state index is -5.08. The molecule has 2 aromatic rings. The number of hydroxylamine groups is 1. The number of benzene rings is 1. The van der Waals surface area contributed by atoms with Crippen molar-refractivity contribution >= 4 is 23.9 Å². The zero-order chi connectivity index (χ0) is 31.7. The zero-order valence-electron chi connectivity index (χ0n) is 23.4. The van der Waals surface area contributed by atoms with Crippen LogP contribution in [0.1, 0.15) is 48.8 Å². The van der Waals surface area contributed by atoms with Gasteiger partial charge < -0.3 is 24.8 Å². The summed E-state index contributed by atoms with van der Waals surface area (Å²) >= 11 is 0. The third-order valence-electron chi connectivity index (χ3n) is 5.90. The average Bonchev–Trinajstić information content (AvgIpc) is 2.91. The summed E-state index contributed by atoms with van der Waals surface area (Å²) in [5.41, 5.74) is 3.20. The van der Waals surface area contributed by atoms with Crippen molar-refractivity contribution in [3.8, 4) is 5.75 Å². The van der Waals surface area contributed by atoms with E-state index >= 15 is 0 Å². The molecule has 0 bridgehead atoms. The van der Waals surface area contributed by atoms with Crippen LogP contribution >= 0.6 is 0 Å². The molecule has 15 heteroatoms. The summed E-state index contributed by atoms with van der Waals surface area (Å²) in [4.78, 5) is 52.2. The smallest absolute Gasteiger partial charge is 0.489 e. The summed E-state index contributed by atoms with van der Waals surface area (Å²) in [7, 11) is 0. The van der Waals surface area contributed by atoms with E-state index in [1.54, 1.807) is 56.7 Å². The lowest BCUT2D eigenvalue weighted by molar-refractivity contribution is -0.192. The van der Waals surface area contributed by atoms with Gasteiger partial charge in [0.1, 0.15) is 18.0 Å². The van der Waals surface area contributed by atoms with Crippen molar-refractivity contribution < 1.29 is 52.1 Å². The van der Waals surface area contributed by atoms with Gasteiger partial charge in [0.15, 0.2) is 0 Å². The highest BCUT2D eigenvalue weighted by Crippen LogP contribution is 2.22. The molecule has 0 saturated carbocycles. The van der Waals surface area contributed by atoms with Gasteiger partial charge in [-0.2, -0.15) is 13.2 Å². The van der Waals surface area contributed by atoms with Gasteiger partial charge in [-0.05, 0) is 64.4 Å². The van der Waals surface area contributed by atoms with Crippen LogP contribution in [0.3, 0.4) is 0 Å². The minimum Gasteiger partial charge on any atom is -0.489 e. The SMILES string of the molecule is Cc1ncccc1COc1ccc(C(=O)N[C@@H]2CN(C(=O)OC(C)(C)C)CC[C@@H]2C(=O)NO)cc1.O=C(O)C(F)(F)F.